The smallest absolute Gasteiger partial charge is 0.327 e. The van der Waals surface area contributed by atoms with E-state index in [1.54, 1.807) is 24.1 Å². The Morgan fingerprint density at radius 3 is 2.46 bits per heavy atom. The fraction of sp³-hybridized carbons (Fsp3) is 0.562. The highest BCUT2D eigenvalue weighted by Crippen LogP contribution is 2.35. The number of amides is 4. The van der Waals surface area contributed by atoms with Crippen LogP contribution in [0.15, 0.2) is 16.5 Å². The Kier molecular flexibility index (Phi) is 3.98. The molecule has 0 aliphatic carbocycles. The molecular formula is C16H21N3O5. The molecule has 0 aromatic carbocycles. The van der Waals surface area contributed by atoms with Gasteiger partial charge in [-0.25, -0.2) is 4.79 Å². The minimum absolute atomic E-state index is 0.196. The van der Waals surface area contributed by atoms with Crippen LogP contribution in [0.3, 0.4) is 0 Å². The van der Waals surface area contributed by atoms with Gasteiger partial charge in [0.2, 0.25) is 0 Å². The number of carbonyl (C=O) groups is 3. The molecule has 0 bridgehead atoms. The molecule has 3 rings (SSSR count). The first kappa shape index (κ1) is 16.4. The number of imide groups is 1. The maximum atomic E-state index is 12.5. The number of hydrogen-bond donors (Lipinski definition) is 0. The topological polar surface area (TPSA) is 83.3 Å². The molecule has 0 atom stereocenters. The third-order valence-electron chi connectivity index (χ3n) is 4.88. The van der Waals surface area contributed by atoms with E-state index in [4.69, 9.17) is 9.15 Å². The summed E-state index contributed by atoms with van der Waals surface area (Å²) in [7, 11) is 3.13. The van der Waals surface area contributed by atoms with E-state index in [-0.39, 0.29) is 23.6 Å². The highest BCUT2D eigenvalue weighted by atomic mass is 16.6. The second-order valence-corrected chi connectivity index (χ2v) is 6.08. The normalized spacial score (nSPS) is 20.2. The Labute approximate surface area is 139 Å². The van der Waals surface area contributed by atoms with Gasteiger partial charge in [-0.15, -0.1) is 0 Å². The largest absolute Gasteiger partial charge is 0.465 e. The van der Waals surface area contributed by atoms with E-state index in [9.17, 15) is 14.4 Å². The van der Waals surface area contributed by atoms with Gasteiger partial charge >= 0.3 is 6.03 Å². The highest BCUT2D eigenvalue weighted by Gasteiger charge is 2.55. The SMILES string of the molecule is CCOc1ccc(C(=O)N2CCC3(CC2)C(=O)N(C)C(=O)N3C)o1. The highest BCUT2D eigenvalue weighted by molar-refractivity contribution is 6.06. The van der Waals surface area contributed by atoms with Gasteiger partial charge in [0.1, 0.15) is 5.54 Å². The van der Waals surface area contributed by atoms with E-state index >= 15 is 0 Å². The molecule has 3 heterocycles. The van der Waals surface area contributed by atoms with E-state index < -0.39 is 5.54 Å². The molecule has 2 aliphatic heterocycles. The molecule has 4 amide bonds. The van der Waals surface area contributed by atoms with Crippen molar-refractivity contribution in [2.24, 2.45) is 0 Å². The van der Waals surface area contributed by atoms with Crippen LogP contribution in [0.1, 0.15) is 30.3 Å². The van der Waals surface area contributed by atoms with Gasteiger partial charge in [-0.05, 0) is 25.8 Å². The number of likely N-dealkylation sites (N-methyl/N-ethyl adjacent to an activating group) is 2. The van der Waals surface area contributed by atoms with Gasteiger partial charge in [0.15, 0.2) is 5.76 Å². The van der Waals surface area contributed by atoms with E-state index in [0.29, 0.717) is 38.5 Å². The summed E-state index contributed by atoms with van der Waals surface area (Å²) in [5.74, 6) is 0.100. The Morgan fingerprint density at radius 1 is 1.25 bits per heavy atom. The third-order valence-corrected chi connectivity index (χ3v) is 4.88. The molecule has 1 spiro atoms. The average molecular weight is 335 g/mol. The van der Waals surface area contributed by atoms with Crippen LogP contribution in [0, 0.1) is 0 Å². The van der Waals surface area contributed by atoms with E-state index in [2.05, 4.69) is 0 Å². The van der Waals surface area contributed by atoms with Gasteiger partial charge in [0.25, 0.3) is 17.8 Å². The Hall–Kier alpha value is -2.51. The summed E-state index contributed by atoms with van der Waals surface area (Å²) in [5, 5.41) is 0. The number of furan rings is 1. The molecule has 2 fully saturated rings. The van der Waals surface area contributed by atoms with Gasteiger partial charge in [0.05, 0.1) is 6.61 Å². The molecule has 8 nitrogen and oxygen atoms in total. The van der Waals surface area contributed by atoms with E-state index in [1.807, 2.05) is 6.92 Å². The molecular weight excluding hydrogens is 314 g/mol. The molecule has 0 radical (unpaired) electrons. The maximum absolute atomic E-state index is 12.5. The number of hydrogen-bond acceptors (Lipinski definition) is 5. The summed E-state index contributed by atoms with van der Waals surface area (Å²) in [6.45, 7) is 3.08. The van der Waals surface area contributed by atoms with Crippen LogP contribution >= 0.6 is 0 Å². The van der Waals surface area contributed by atoms with Crippen molar-refractivity contribution >= 4 is 17.8 Å². The third kappa shape index (κ3) is 2.33. The number of rotatable bonds is 3. The van der Waals surface area contributed by atoms with Gasteiger partial charge in [-0.2, -0.15) is 0 Å². The number of ether oxygens (including phenoxy) is 1. The first-order chi connectivity index (χ1) is 11.4. The maximum Gasteiger partial charge on any atom is 0.327 e. The van der Waals surface area contributed by atoms with E-state index in [0.717, 1.165) is 4.90 Å². The second-order valence-electron chi connectivity index (χ2n) is 6.08. The minimum atomic E-state index is -0.831. The van der Waals surface area contributed by atoms with Crippen molar-refractivity contribution < 1.29 is 23.5 Å². The zero-order chi connectivity index (χ0) is 17.5. The summed E-state index contributed by atoms with van der Waals surface area (Å²) in [6.07, 6.45) is 0.840. The van der Waals surface area contributed by atoms with Crippen LogP contribution in [0.4, 0.5) is 4.79 Å². The summed E-state index contributed by atoms with van der Waals surface area (Å²) < 4.78 is 10.6. The van der Waals surface area contributed by atoms with E-state index in [1.165, 1.54) is 11.9 Å². The number of piperidine rings is 1. The predicted octanol–water partition coefficient (Wildman–Crippen LogP) is 1.18. The van der Waals surface area contributed by atoms with Crippen molar-refractivity contribution in [3.63, 3.8) is 0 Å². The second kappa shape index (κ2) is 5.85. The number of carbonyl (C=O) groups excluding carboxylic acids is 3. The zero-order valence-corrected chi connectivity index (χ0v) is 14.1. The van der Waals surface area contributed by atoms with Gasteiger partial charge < -0.3 is 19.0 Å². The fourth-order valence-corrected chi connectivity index (χ4v) is 3.39. The molecule has 24 heavy (non-hydrogen) atoms. The zero-order valence-electron chi connectivity index (χ0n) is 14.1. The van der Waals surface area contributed by atoms with Gasteiger partial charge in [-0.3, -0.25) is 14.5 Å². The summed E-state index contributed by atoms with van der Waals surface area (Å²) >= 11 is 0. The van der Waals surface area contributed by atoms with Crippen molar-refractivity contribution in [1.82, 2.24) is 14.7 Å². The first-order valence-corrected chi connectivity index (χ1v) is 7.98. The fourth-order valence-electron chi connectivity index (χ4n) is 3.39. The van der Waals surface area contributed by atoms with Crippen molar-refractivity contribution in [3.05, 3.63) is 17.9 Å². The van der Waals surface area contributed by atoms with Gasteiger partial charge in [-0.1, -0.05) is 0 Å². The van der Waals surface area contributed by atoms with Crippen LogP contribution in [0.25, 0.3) is 0 Å². The molecule has 0 unspecified atom stereocenters. The Balaban J connectivity index is 1.69. The molecule has 130 valence electrons. The molecule has 1 aromatic rings. The van der Waals surface area contributed by atoms with Crippen LogP contribution in [0.2, 0.25) is 0 Å². The summed E-state index contributed by atoms with van der Waals surface area (Å²) in [6, 6.07) is 2.90. The summed E-state index contributed by atoms with van der Waals surface area (Å²) in [5.41, 5.74) is -0.831. The number of likely N-dealkylation sites (tertiary alicyclic amines) is 1. The standard InChI is InChI=1S/C16H21N3O5/c1-4-23-12-6-5-11(24-12)13(20)19-9-7-16(8-10-19)14(21)17(2)15(22)18(16)3/h5-6H,4,7-10H2,1-3H3. The lowest BCUT2D eigenvalue weighted by molar-refractivity contribution is -0.134. The lowest BCUT2D eigenvalue weighted by Crippen LogP contribution is -2.56. The average Bonchev–Trinajstić information content (AvgIpc) is 3.12. The van der Waals surface area contributed by atoms with Crippen molar-refractivity contribution in [2.75, 3.05) is 33.8 Å². The van der Waals surface area contributed by atoms with Crippen molar-refractivity contribution in [3.8, 4) is 5.95 Å². The molecule has 0 N–H and O–H groups in total. The van der Waals surface area contributed by atoms with Gasteiger partial charge in [0, 0.05) is 33.3 Å². The summed E-state index contributed by atoms with van der Waals surface area (Å²) in [4.78, 5) is 41.3. The molecule has 1 aromatic heterocycles. The molecule has 2 saturated heterocycles. The monoisotopic (exact) mass is 335 g/mol. The van der Waals surface area contributed by atoms with Crippen molar-refractivity contribution in [2.45, 2.75) is 25.3 Å². The minimum Gasteiger partial charge on any atom is -0.465 e. The lowest BCUT2D eigenvalue weighted by Gasteiger charge is -2.40. The number of nitrogens with zero attached hydrogens (tertiary/aromatic N) is 3. The number of urea groups is 1. The Morgan fingerprint density at radius 2 is 1.92 bits per heavy atom. The lowest BCUT2D eigenvalue weighted by atomic mass is 9.86. The van der Waals surface area contributed by atoms with Crippen LogP contribution in [0.5, 0.6) is 5.95 Å². The Bertz CT molecular complexity index is 675. The van der Waals surface area contributed by atoms with Crippen LogP contribution in [-0.2, 0) is 4.79 Å². The molecule has 8 heteroatoms. The van der Waals surface area contributed by atoms with Crippen molar-refractivity contribution in [1.29, 1.82) is 0 Å². The predicted molar refractivity (Wildman–Crippen MR) is 83.7 cm³/mol. The quantitative estimate of drug-likeness (QED) is 0.775. The first-order valence-electron chi connectivity index (χ1n) is 7.98. The molecule has 0 saturated carbocycles. The van der Waals surface area contributed by atoms with Crippen LogP contribution in [-0.4, -0.2) is 71.9 Å². The van der Waals surface area contributed by atoms with Crippen LogP contribution < -0.4 is 4.74 Å². The molecule has 2 aliphatic rings.